The van der Waals surface area contributed by atoms with Gasteiger partial charge in [-0.2, -0.15) is 0 Å². The molecule has 1 aliphatic heterocycles. The topological polar surface area (TPSA) is 33.7 Å². The zero-order valence-electron chi connectivity index (χ0n) is 15.5. The Labute approximate surface area is 156 Å². The van der Waals surface area contributed by atoms with Crippen molar-refractivity contribution in [3.05, 3.63) is 72.3 Å². The third-order valence-electron chi connectivity index (χ3n) is 4.61. The second kappa shape index (κ2) is 9.41. The molecular weight excluding hydrogens is 324 g/mol. The summed E-state index contributed by atoms with van der Waals surface area (Å²) < 4.78 is 11.9. The number of benzene rings is 2. The molecule has 1 saturated heterocycles. The van der Waals surface area contributed by atoms with Gasteiger partial charge < -0.3 is 14.8 Å². The van der Waals surface area contributed by atoms with Crippen molar-refractivity contribution in [1.29, 1.82) is 0 Å². The Morgan fingerprint density at radius 3 is 2.54 bits per heavy atom. The van der Waals surface area contributed by atoms with Gasteiger partial charge in [-0.25, -0.2) is 0 Å². The number of nitrogens with zero attached hydrogens (tertiary/aromatic N) is 1. The summed E-state index contributed by atoms with van der Waals surface area (Å²) in [6.45, 7) is 11.3. The normalized spacial score (nSPS) is 16.0. The molecule has 1 heterocycles. The van der Waals surface area contributed by atoms with Crippen molar-refractivity contribution in [3.8, 4) is 11.5 Å². The number of hydrogen-bond acceptors (Lipinski definition) is 4. The summed E-state index contributed by atoms with van der Waals surface area (Å²) in [6, 6.07) is 16.6. The van der Waals surface area contributed by atoms with E-state index in [4.69, 9.17) is 9.47 Å². The highest BCUT2D eigenvalue weighted by molar-refractivity contribution is 5.45. The summed E-state index contributed by atoms with van der Waals surface area (Å²) in [4.78, 5) is 2.44. The smallest absolute Gasteiger partial charge is 0.161 e. The molecule has 0 aliphatic carbocycles. The zero-order valence-corrected chi connectivity index (χ0v) is 15.5. The Morgan fingerprint density at radius 1 is 1.08 bits per heavy atom. The van der Waals surface area contributed by atoms with Crippen molar-refractivity contribution in [2.75, 3.05) is 32.8 Å². The maximum atomic E-state index is 6.02. The van der Waals surface area contributed by atoms with Gasteiger partial charge >= 0.3 is 0 Å². The average Bonchev–Trinajstić information content (AvgIpc) is 2.70. The number of piperazine rings is 1. The van der Waals surface area contributed by atoms with Crippen LogP contribution >= 0.6 is 0 Å². The summed E-state index contributed by atoms with van der Waals surface area (Å²) in [6.07, 6.45) is 2.01. The molecule has 0 saturated carbocycles. The number of rotatable bonds is 8. The van der Waals surface area contributed by atoms with Crippen LogP contribution in [0.5, 0.6) is 11.5 Å². The van der Waals surface area contributed by atoms with Gasteiger partial charge in [-0.1, -0.05) is 42.5 Å². The average molecular weight is 352 g/mol. The van der Waals surface area contributed by atoms with E-state index in [9.17, 15) is 0 Å². The van der Waals surface area contributed by atoms with Gasteiger partial charge in [0.2, 0.25) is 0 Å². The van der Waals surface area contributed by atoms with E-state index < -0.39 is 0 Å². The fraction of sp³-hybridized carbons (Fsp3) is 0.364. The van der Waals surface area contributed by atoms with E-state index in [0.29, 0.717) is 13.2 Å². The fourth-order valence-corrected chi connectivity index (χ4v) is 3.29. The third kappa shape index (κ3) is 4.65. The van der Waals surface area contributed by atoms with E-state index in [1.165, 1.54) is 5.56 Å². The van der Waals surface area contributed by atoms with Crippen molar-refractivity contribution in [3.63, 3.8) is 0 Å². The lowest BCUT2D eigenvalue weighted by Crippen LogP contribution is -2.44. The first kappa shape index (κ1) is 18.5. The summed E-state index contributed by atoms with van der Waals surface area (Å²) in [5.41, 5.74) is 2.33. The first-order valence-corrected chi connectivity index (χ1v) is 9.32. The van der Waals surface area contributed by atoms with E-state index in [1.54, 1.807) is 0 Å². The van der Waals surface area contributed by atoms with Crippen molar-refractivity contribution >= 4 is 0 Å². The molecule has 138 valence electrons. The molecule has 0 unspecified atom stereocenters. The molecule has 0 amide bonds. The fourth-order valence-electron chi connectivity index (χ4n) is 3.29. The third-order valence-corrected chi connectivity index (χ3v) is 4.61. The van der Waals surface area contributed by atoms with Crippen LogP contribution in [0.1, 0.15) is 24.1 Å². The molecule has 1 fully saturated rings. The monoisotopic (exact) mass is 352 g/mol. The SMILES string of the molecule is C=C[C@H](c1ccc(OCc2ccccc2)c(OCC)c1)N1CCNCC1. The Kier molecular flexibility index (Phi) is 6.69. The van der Waals surface area contributed by atoms with Gasteiger partial charge in [-0.3, -0.25) is 4.90 Å². The van der Waals surface area contributed by atoms with Crippen molar-refractivity contribution in [2.45, 2.75) is 19.6 Å². The molecule has 0 aromatic heterocycles. The van der Waals surface area contributed by atoms with Crippen LogP contribution < -0.4 is 14.8 Å². The molecule has 1 N–H and O–H groups in total. The quantitative estimate of drug-likeness (QED) is 0.733. The van der Waals surface area contributed by atoms with E-state index in [-0.39, 0.29) is 6.04 Å². The second-order valence-electron chi connectivity index (χ2n) is 6.38. The van der Waals surface area contributed by atoms with Gasteiger partial charge in [0, 0.05) is 26.2 Å². The maximum Gasteiger partial charge on any atom is 0.161 e. The summed E-state index contributed by atoms with van der Waals surface area (Å²) in [7, 11) is 0. The van der Waals surface area contributed by atoms with Crippen LogP contribution in [0.3, 0.4) is 0 Å². The Morgan fingerprint density at radius 2 is 1.85 bits per heavy atom. The van der Waals surface area contributed by atoms with E-state index in [2.05, 4.69) is 41.1 Å². The van der Waals surface area contributed by atoms with Gasteiger partial charge in [0.15, 0.2) is 11.5 Å². The molecule has 1 aliphatic rings. The predicted octanol–water partition coefficient (Wildman–Crippen LogP) is 3.80. The molecule has 3 rings (SSSR count). The summed E-state index contributed by atoms with van der Waals surface area (Å²) in [5, 5.41) is 3.40. The molecule has 0 radical (unpaired) electrons. The minimum atomic E-state index is 0.194. The highest BCUT2D eigenvalue weighted by atomic mass is 16.5. The largest absolute Gasteiger partial charge is 0.490 e. The minimum Gasteiger partial charge on any atom is -0.490 e. The van der Waals surface area contributed by atoms with Crippen LogP contribution in [0.4, 0.5) is 0 Å². The lowest BCUT2D eigenvalue weighted by Gasteiger charge is -2.33. The van der Waals surface area contributed by atoms with E-state index in [0.717, 1.165) is 43.2 Å². The van der Waals surface area contributed by atoms with Crippen LogP contribution in [0, 0.1) is 0 Å². The lowest BCUT2D eigenvalue weighted by molar-refractivity contribution is 0.202. The minimum absolute atomic E-state index is 0.194. The van der Waals surface area contributed by atoms with Crippen LogP contribution in [0.25, 0.3) is 0 Å². The molecule has 2 aromatic rings. The lowest BCUT2D eigenvalue weighted by atomic mass is 10.0. The van der Waals surface area contributed by atoms with Crippen LogP contribution in [-0.2, 0) is 6.61 Å². The Bertz CT molecular complexity index is 697. The van der Waals surface area contributed by atoms with Gasteiger partial charge in [0.25, 0.3) is 0 Å². The standard InChI is InChI=1S/C22H28N2O2/c1-3-20(24-14-12-23-13-15-24)19-10-11-21(22(16-19)25-4-2)26-17-18-8-6-5-7-9-18/h3,5-11,16,20,23H,1,4,12-15,17H2,2H3/t20-/m1/s1. The highest BCUT2D eigenvalue weighted by Crippen LogP contribution is 2.33. The van der Waals surface area contributed by atoms with Gasteiger partial charge in [-0.05, 0) is 30.2 Å². The Balaban J connectivity index is 1.77. The number of ether oxygens (including phenoxy) is 2. The molecule has 2 aromatic carbocycles. The molecule has 4 nitrogen and oxygen atoms in total. The van der Waals surface area contributed by atoms with Gasteiger partial charge in [0.1, 0.15) is 6.61 Å². The molecule has 1 atom stereocenters. The van der Waals surface area contributed by atoms with Crippen LogP contribution in [0.2, 0.25) is 0 Å². The van der Waals surface area contributed by atoms with Gasteiger partial charge in [-0.15, -0.1) is 6.58 Å². The van der Waals surface area contributed by atoms with E-state index in [1.807, 2.05) is 37.3 Å². The number of nitrogens with one attached hydrogen (secondary N) is 1. The molecule has 0 bridgehead atoms. The Hall–Kier alpha value is -2.30. The van der Waals surface area contributed by atoms with Crippen molar-refractivity contribution in [2.24, 2.45) is 0 Å². The maximum absolute atomic E-state index is 6.02. The highest BCUT2D eigenvalue weighted by Gasteiger charge is 2.20. The molecular formula is C22H28N2O2. The first-order valence-electron chi connectivity index (χ1n) is 9.32. The van der Waals surface area contributed by atoms with Crippen LogP contribution in [0.15, 0.2) is 61.2 Å². The van der Waals surface area contributed by atoms with E-state index >= 15 is 0 Å². The zero-order chi connectivity index (χ0) is 18.2. The predicted molar refractivity (Wildman–Crippen MR) is 106 cm³/mol. The number of hydrogen-bond donors (Lipinski definition) is 1. The molecule has 26 heavy (non-hydrogen) atoms. The first-order chi connectivity index (χ1) is 12.8. The summed E-state index contributed by atoms with van der Waals surface area (Å²) in [5.74, 6) is 1.57. The molecule has 0 spiro atoms. The second-order valence-corrected chi connectivity index (χ2v) is 6.38. The van der Waals surface area contributed by atoms with Crippen molar-refractivity contribution < 1.29 is 9.47 Å². The van der Waals surface area contributed by atoms with Crippen LogP contribution in [-0.4, -0.2) is 37.7 Å². The summed E-state index contributed by atoms with van der Waals surface area (Å²) >= 11 is 0. The van der Waals surface area contributed by atoms with Gasteiger partial charge in [0.05, 0.1) is 12.6 Å². The van der Waals surface area contributed by atoms with Crippen molar-refractivity contribution in [1.82, 2.24) is 10.2 Å². The molecule has 4 heteroatoms.